The number of halogens is 2. The van der Waals surface area contributed by atoms with Crippen molar-refractivity contribution >= 4 is 42.9 Å². The Labute approximate surface area is 391 Å². The lowest BCUT2D eigenvalue weighted by Gasteiger charge is -2.22. The number of rotatable bonds is 15. The number of hydrogen-bond donors (Lipinski definition) is 0. The van der Waals surface area contributed by atoms with Gasteiger partial charge in [-0.25, -0.2) is 16.8 Å². The van der Waals surface area contributed by atoms with E-state index in [-0.39, 0.29) is 25.7 Å². The van der Waals surface area contributed by atoms with E-state index in [1.54, 1.807) is 72.8 Å². The number of hydrogen-bond acceptors (Lipinski definition) is 6. The highest BCUT2D eigenvalue weighted by atomic mass is 35.5. The number of alkyl halides is 1. The molecule has 328 valence electrons. The first kappa shape index (κ1) is 45.4. The van der Waals surface area contributed by atoms with Gasteiger partial charge in [0.2, 0.25) is 19.7 Å². The first-order chi connectivity index (χ1) is 31.3. The van der Waals surface area contributed by atoms with Gasteiger partial charge >= 0.3 is 0 Å². The summed E-state index contributed by atoms with van der Waals surface area (Å²) in [5.74, 6) is 1.78. The number of ether oxygens (including phenoxy) is 2. The highest BCUT2D eigenvalue weighted by Crippen LogP contribution is 2.42. The van der Waals surface area contributed by atoms with E-state index in [1.165, 1.54) is 12.1 Å². The Morgan fingerprint density at radius 2 is 0.938 bits per heavy atom. The van der Waals surface area contributed by atoms with Crippen molar-refractivity contribution in [3.8, 4) is 50.6 Å². The van der Waals surface area contributed by atoms with Crippen LogP contribution in [0.15, 0.2) is 214 Å². The molecule has 0 N–H and O–H groups in total. The molecule has 0 aliphatic heterocycles. The molecule has 2 atom stereocenters. The fraction of sp³-hybridized carbons (Fsp3) is 0.127. The Morgan fingerprint density at radius 3 is 1.42 bits per heavy atom. The SMILES string of the molecule is CCC(Oc1ccc(-c2ccc(Oc3ccc(S(=O)(=O)c4ccc(C(C)(Cl)CC)cc4)cc3)c(-c3ccccc3)c2)cc1-c1ccccc1)c1ccc(S(=O)(=O)c2ccc(Cl)cc2)cc1. The van der Waals surface area contributed by atoms with Crippen molar-refractivity contribution in [2.75, 3.05) is 0 Å². The summed E-state index contributed by atoms with van der Waals surface area (Å²) >= 11 is 12.6. The van der Waals surface area contributed by atoms with E-state index in [2.05, 4.69) is 12.1 Å². The molecule has 0 aliphatic carbocycles. The van der Waals surface area contributed by atoms with E-state index >= 15 is 0 Å². The van der Waals surface area contributed by atoms with Gasteiger partial charge < -0.3 is 9.47 Å². The topological polar surface area (TPSA) is 86.7 Å². The number of benzene rings is 8. The fourth-order valence-electron chi connectivity index (χ4n) is 7.58. The van der Waals surface area contributed by atoms with E-state index in [0.29, 0.717) is 35.1 Å². The zero-order valence-electron chi connectivity index (χ0n) is 36.0. The summed E-state index contributed by atoms with van der Waals surface area (Å²) in [5.41, 5.74) is 7.29. The minimum absolute atomic E-state index is 0.158. The zero-order chi connectivity index (χ0) is 45.8. The molecule has 0 heterocycles. The molecule has 0 bridgehead atoms. The van der Waals surface area contributed by atoms with Crippen LogP contribution in [0, 0.1) is 0 Å². The van der Waals surface area contributed by atoms with Gasteiger partial charge in [-0.05, 0) is 150 Å². The van der Waals surface area contributed by atoms with Crippen LogP contribution in [0.2, 0.25) is 5.02 Å². The van der Waals surface area contributed by atoms with Gasteiger partial charge in [-0.1, -0.05) is 123 Å². The minimum atomic E-state index is -3.78. The predicted octanol–water partition coefficient (Wildman–Crippen LogP) is 15.2. The number of sulfone groups is 2. The van der Waals surface area contributed by atoms with Crippen molar-refractivity contribution in [3.05, 3.63) is 210 Å². The third kappa shape index (κ3) is 9.92. The zero-order valence-corrected chi connectivity index (χ0v) is 39.1. The Morgan fingerprint density at radius 1 is 0.508 bits per heavy atom. The monoisotopic (exact) mass is 936 g/mol. The van der Waals surface area contributed by atoms with Crippen molar-refractivity contribution in [2.24, 2.45) is 0 Å². The highest BCUT2D eigenvalue weighted by molar-refractivity contribution is 7.91. The molecule has 0 aromatic heterocycles. The van der Waals surface area contributed by atoms with Crippen LogP contribution in [-0.4, -0.2) is 16.8 Å². The fourth-order valence-corrected chi connectivity index (χ4v) is 10.4. The molecule has 0 saturated carbocycles. The maximum absolute atomic E-state index is 13.6. The van der Waals surface area contributed by atoms with Crippen molar-refractivity contribution in [1.82, 2.24) is 0 Å². The quantitative estimate of drug-likeness (QED) is 0.0952. The Bertz CT molecular complexity index is 3140. The molecule has 65 heavy (non-hydrogen) atoms. The van der Waals surface area contributed by atoms with E-state index in [0.717, 1.165) is 44.5 Å². The molecule has 0 aliphatic rings. The second kappa shape index (κ2) is 19.1. The van der Waals surface area contributed by atoms with Crippen LogP contribution in [0.5, 0.6) is 17.2 Å². The summed E-state index contributed by atoms with van der Waals surface area (Å²) in [6.07, 6.45) is 0.992. The molecule has 0 fully saturated rings. The lowest BCUT2D eigenvalue weighted by atomic mass is 9.95. The predicted molar refractivity (Wildman–Crippen MR) is 262 cm³/mol. The van der Waals surface area contributed by atoms with Gasteiger partial charge in [-0.3, -0.25) is 0 Å². The van der Waals surface area contributed by atoms with Gasteiger partial charge in [0.1, 0.15) is 23.4 Å². The van der Waals surface area contributed by atoms with Gasteiger partial charge in [-0.2, -0.15) is 0 Å². The molecule has 2 unspecified atom stereocenters. The maximum atomic E-state index is 13.6. The third-order valence-corrected chi connectivity index (χ3v) is 15.9. The van der Waals surface area contributed by atoms with Crippen LogP contribution in [0.25, 0.3) is 33.4 Å². The molecule has 0 radical (unpaired) electrons. The van der Waals surface area contributed by atoms with Gasteiger partial charge in [0.25, 0.3) is 0 Å². The molecule has 10 heteroatoms. The lowest BCUT2D eigenvalue weighted by Crippen LogP contribution is -2.12. The Balaban J connectivity index is 1.08. The normalized spacial score (nSPS) is 13.1. The van der Waals surface area contributed by atoms with E-state index < -0.39 is 24.5 Å². The molecule has 6 nitrogen and oxygen atoms in total. The molecule has 8 aromatic carbocycles. The van der Waals surface area contributed by atoms with E-state index in [4.69, 9.17) is 32.7 Å². The molecule has 8 rings (SSSR count). The van der Waals surface area contributed by atoms with Crippen molar-refractivity contribution in [3.63, 3.8) is 0 Å². The van der Waals surface area contributed by atoms with Crippen molar-refractivity contribution in [1.29, 1.82) is 0 Å². The first-order valence-corrected chi connectivity index (χ1v) is 25.0. The molecule has 0 saturated heterocycles. The van der Waals surface area contributed by atoms with Gasteiger partial charge in [-0.15, -0.1) is 11.6 Å². The van der Waals surface area contributed by atoms with E-state index in [9.17, 15) is 16.8 Å². The second-order valence-corrected chi connectivity index (χ2v) is 21.0. The van der Waals surface area contributed by atoms with Gasteiger partial charge in [0.15, 0.2) is 0 Å². The highest BCUT2D eigenvalue weighted by Gasteiger charge is 2.24. The largest absolute Gasteiger partial charge is 0.485 e. The molecule has 8 aromatic rings. The summed E-state index contributed by atoms with van der Waals surface area (Å²) in [6.45, 7) is 5.94. The van der Waals surface area contributed by atoms with Crippen LogP contribution in [-0.2, 0) is 24.5 Å². The van der Waals surface area contributed by atoms with Crippen LogP contribution >= 0.6 is 23.2 Å². The van der Waals surface area contributed by atoms with E-state index in [1.807, 2.05) is 118 Å². The summed E-state index contributed by atoms with van der Waals surface area (Å²) < 4.78 is 67.2. The molecular weight excluding hydrogens is 892 g/mol. The van der Waals surface area contributed by atoms with Crippen LogP contribution < -0.4 is 9.47 Å². The average Bonchev–Trinajstić information content (AvgIpc) is 3.34. The van der Waals surface area contributed by atoms with Crippen molar-refractivity contribution < 1.29 is 26.3 Å². The van der Waals surface area contributed by atoms with Crippen LogP contribution in [0.4, 0.5) is 0 Å². The minimum Gasteiger partial charge on any atom is -0.485 e. The summed E-state index contributed by atoms with van der Waals surface area (Å²) in [4.78, 5) is 0.139. The first-order valence-electron chi connectivity index (χ1n) is 21.3. The Hall–Kier alpha value is -6.16. The summed E-state index contributed by atoms with van der Waals surface area (Å²) in [5, 5.41) is 0.466. The average molecular weight is 938 g/mol. The summed E-state index contributed by atoms with van der Waals surface area (Å²) in [6, 6.07) is 58.4. The maximum Gasteiger partial charge on any atom is 0.206 e. The molecule has 0 spiro atoms. The standard InChI is InChI=1S/C55H46Cl2O6S2/c1-4-52(40-16-26-46(27-17-40)64(58,59)48-30-22-44(56)23-31-48)63-54-35-19-42(37-51(54)39-14-10-7-11-15-39)41-18-34-53(50(36-41)38-12-8-6-9-13-38)62-45-24-32-49(33-25-45)65(60,61)47-28-20-43(21-29-47)55(3,57)5-2/h6-37,52H,4-5H2,1-3H3. The van der Waals surface area contributed by atoms with Crippen molar-refractivity contribution in [2.45, 2.75) is 64.2 Å². The van der Waals surface area contributed by atoms with Crippen LogP contribution in [0.1, 0.15) is 50.8 Å². The second-order valence-electron chi connectivity index (χ2n) is 15.8. The molecule has 0 amide bonds. The smallest absolute Gasteiger partial charge is 0.206 e. The lowest BCUT2D eigenvalue weighted by molar-refractivity contribution is 0.202. The molecular formula is C55H46Cl2O6S2. The summed E-state index contributed by atoms with van der Waals surface area (Å²) in [7, 11) is -7.51. The van der Waals surface area contributed by atoms with Gasteiger partial charge in [0, 0.05) is 16.1 Å². The Kier molecular flexibility index (Phi) is 13.4. The van der Waals surface area contributed by atoms with Crippen LogP contribution in [0.3, 0.4) is 0 Å². The van der Waals surface area contributed by atoms with Gasteiger partial charge in [0.05, 0.1) is 24.5 Å². The third-order valence-electron chi connectivity index (χ3n) is 11.6.